The van der Waals surface area contributed by atoms with Crippen LogP contribution in [0.1, 0.15) is 5.56 Å². The first-order valence-corrected chi connectivity index (χ1v) is 8.05. The van der Waals surface area contributed by atoms with Crippen LogP contribution in [0.15, 0.2) is 18.2 Å². The topological polar surface area (TPSA) is 77.3 Å². The van der Waals surface area contributed by atoms with Crippen LogP contribution in [-0.4, -0.2) is 75.9 Å². The van der Waals surface area contributed by atoms with E-state index in [9.17, 15) is 4.79 Å². The van der Waals surface area contributed by atoms with Gasteiger partial charge in [-0.1, -0.05) is 0 Å². The van der Waals surface area contributed by atoms with Crippen molar-refractivity contribution in [2.24, 2.45) is 5.73 Å². The van der Waals surface area contributed by atoms with Crippen molar-refractivity contribution in [2.75, 3.05) is 54.1 Å². The van der Waals surface area contributed by atoms with Crippen LogP contribution in [-0.2, 0) is 16.1 Å². The van der Waals surface area contributed by atoms with Crippen molar-refractivity contribution < 1.29 is 19.0 Å². The number of methoxy groups -OCH3 is 3. The summed E-state index contributed by atoms with van der Waals surface area (Å²) < 4.78 is 15.6. The van der Waals surface area contributed by atoms with Crippen LogP contribution in [0.4, 0.5) is 0 Å². The van der Waals surface area contributed by atoms with E-state index in [1.807, 2.05) is 23.1 Å². The minimum Gasteiger partial charge on any atom is -0.497 e. The van der Waals surface area contributed by atoms with Crippen molar-refractivity contribution in [1.82, 2.24) is 9.80 Å². The highest BCUT2D eigenvalue weighted by Gasteiger charge is 2.25. The van der Waals surface area contributed by atoms with Crippen LogP contribution in [0.25, 0.3) is 0 Å². The average Bonchev–Trinajstić information content (AvgIpc) is 2.61. The van der Waals surface area contributed by atoms with Crippen LogP contribution in [0, 0.1) is 0 Å². The Balaban J connectivity index is 0.00000312. The number of nitrogens with zero attached hydrogens (tertiary/aromatic N) is 2. The smallest absolute Gasteiger partial charge is 0.241 e. The van der Waals surface area contributed by atoms with Gasteiger partial charge >= 0.3 is 0 Å². The van der Waals surface area contributed by atoms with Gasteiger partial charge in [-0.3, -0.25) is 9.69 Å². The van der Waals surface area contributed by atoms with Gasteiger partial charge in [0.2, 0.25) is 5.91 Å². The molecule has 0 spiro atoms. The van der Waals surface area contributed by atoms with Crippen LogP contribution in [0.2, 0.25) is 0 Å². The number of hydrogen-bond acceptors (Lipinski definition) is 6. The van der Waals surface area contributed by atoms with Crippen LogP contribution < -0.4 is 15.2 Å². The van der Waals surface area contributed by atoms with Gasteiger partial charge in [-0.05, 0) is 17.7 Å². The second-order valence-corrected chi connectivity index (χ2v) is 5.88. The van der Waals surface area contributed by atoms with E-state index in [1.165, 1.54) is 0 Å². The molecule has 1 aliphatic rings. The molecule has 1 atom stereocenters. The highest BCUT2D eigenvalue weighted by molar-refractivity contribution is 5.85. The zero-order chi connectivity index (χ0) is 17.5. The number of amides is 1. The molecular weight excluding hydrogens is 381 g/mol. The van der Waals surface area contributed by atoms with E-state index in [-0.39, 0.29) is 37.3 Å². The predicted molar refractivity (Wildman–Crippen MR) is 106 cm³/mol. The molecule has 0 bridgehead atoms. The van der Waals surface area contributed by atoms with E-state index in [4.69, 9.17) is 19.9 Å². The summed E-state index contributed by atoms with van der Waals surface area (Å²) in [5.74, 6) is 1.52. The second-order valence-electron chi connectivity index (χ2n) is 5.88. The monoisotopic (exact) mass is 409 g/mol. The second kappa shape index (κ2) is 12.2. The maximum atomic E-state index is 12.2. The Kier molecular flexibility index (Phi) is 11.6. The summed E-state index contributed by atoms with van der Waals surface area (Å²) in [6.45, 7) is 4.02. The van der Waals surface area contributed by atoms with Crippen molar-refractivity contribution in [3.05, 3.63) is 23.8 Å². The lowest BCUT2D eigenvalue weighted by Crippen LogP contribution is -2.53. The third kappa shape index (κ3) is 6.81. The lowest BCUT2D eigenvalue weighted by atomic mass is 10.1. The number of halogens is 2. The van der Waals surface area contributed by atoms with Crippen molar-refractivity contribution in [1.29, 1.82) is 0 Å². The van der Waals surface area contributed by atoms with Gasteiger partial charge in [0.1, 0.15) is 17.5 Å². The van der Waals surface area contributed by atoms with Gasteiger partial charge in [0.25, 0.3) is 0 Å². The lowest BCUT2D eigenvalue weighted by Gasteiger charge is -2.35. The molecule has 26 heavy (non-hydrogen) atoms. The number of hydrogen-bond donors (Lipinski definition) is 1. The highest BCUT2D eigenvalue weighted by atomic mass is 35.5. The fraction of sp³-hybridized carbons (Fsp3) is 0.588. The Morgan fingerprint density at radius 1 is 1.04 bits per heavy atom. The Morgan fingerprint density at radius 3 is 2.04 bits per heavy atom. The lowest BCUT2D eigenvalue weighted by molar-refractivity contribution is -0.135. The summed E-state index contributed by atoms with van der Waals surface area (Å²) in [5.41, 5.74) is 6.95. The molecule has 1 unspecified atom stereocenters. The first kappa shape index (κ1) is 24.8. The highest BCUT2D eigenvalue weighted by Crippen LogP contribution is 2.23. The molecule has 1 aromatic carbocycles. The molecule has 1 saturated heterocycles. The summed E-state index contributed by atoms with van der Waals surface area (Å²) in [5, 5.41) is 0. The number of rotatable bonds is 7. The van der Waals surface area contributed by atoms with Gasteiger partial charge in [0, 0.05) is 45.9 Å². The molecule has 1 heterocycles. The van der Waals surface area contributed by atoms with Crippen LogP contribution >= 0.6 is 24.8 Å². The number of ether oxygens (including phenoxy) is 3. The number of carbonyl (C=O) groups excluding carboxylic acids is 1. The third-order valence-corrected chi connectivity index (χ3v) is 4.16. The number of carbonyl (C=O) groups is 1. The van der Waals surface area contributed by atoms with E-state index in [2.05, 4.69) is 4.90 Å². The van der Waals surface area contributed by atoms with Gasteiger partial charge in [0.15, 0.2) is 0 Å². The molecule has 7 nitrogen and oxygen atoms in total. The van der Waals surface area contributed by atoms with Crippen LogP contribution in [0.5, 0.6) is 11.5 Å². The molecule has 0 aliphatic carbocycles. The van der Waals surface area contributed by atoms with Gasteiger partial charge in [-0.25, -0.2) is 0 Å². The largest absolute Gasteiger partial charge is 0.497 e. The van der Waals surface area contributed by atoms with Gasteiger partial charge in [-0.2, -0.15) is 0 Å². The molecule has 1 aromatic rings. The zero-order valence-electron chi connectivity index (χ0n) is 15.5. The molecule has 9 heteroatoms. The molecule has 0 aromatic heterocycles. The Labute approximate surface area is 167 Å². The van der Waals surface area contributed by atoms with Crippen LogP contribution in [0.3, 0.4) is 0 Å². The first-order valence-electron chi connectivity index (χ1n) is 8.05. The standard InChI is InChI=1S/C17H27N3O4.2ClH/c1-22-12-16(18)17(21)20-6-4-19(5-7-20)11-13-8-14(23-2)10-15(9-13)24-3;;/h8-10,16H,4-7,11-12,18H2,1-3H3;2*1H. The van der Waals surface area contributed by atoms with E-state index >= 15 is 0 Å². The quantitative estimate of drug-likeness (QED) is 0.727. The zero-order valence-corrected chi connectivity index (χ0v) is 17.1. The van der Waals surface area contributed by atoms with E-state index in [0.717, 1.165) is 36.7 Å². The molecule has 1 fully saturated rings. The maximum Gasteiger partial charge on any atom is 0.241 e. The van der Waals surface area contributed by atoms with Crippen molar-refractivity contribution in [3.8, 4) is 11.5 Å². The minimum absolute atomic E-state index is 0. The molecule has 0 saturated carbocycles. The molecule has 2 N–H and O–H groups in total. The van der Waals surface area contributed by atoms with Crippen molar-refractivity contribution >= 4 is 30.7 Å². The normalized spacial score (nSPS) is 15.5. The van der Waals surface area contributed by atoms with Gasteiger partial charge in [0.05, 0.1) is 20.8 Å². The fourth-order valence-electron chi connectivity index (χ4n) is 2.83. The number of nitrogens with two attached hydrogens (primary N) is 1. The van der Waals surface area contributed by atoms with E-state index in [1.54, 1.807) is 21.3 Å². The summed E-state index contributed by atoms with van der Waals surface area (Å²) >= 11 is 0. The Morgan fingerprint density at radius 2 is 1.58 bits per heavy atom. The maximum absolute atomic E-state index is 12.2. The fourth-order valence-corrected chi connectivity index (χ4v) is 2.83. The third-order valence-electron chi connectivity index (χ3n) is 4.16. The van der Waals surface area contributed by atoms with E-state index in [0.29, 0.717) is 13.1 Å². The van der Waals surface area contributed by atoms with Gasteiger partial charge < -0.3 is 24.8 Å². The predicted octanol–water partition coefficient (Wildman–Crippen LogP) is 1.17. The molecule has 2 rings (SSSR count). The summed E-state index contributed by atoms with van der Waals surface area (Å²) in [6, 6.07) is 5.30. The number of piperazine rings is 1. The van der Waals surface area contributed by atoms with E-state index < -0.39 is 6.04 Å². The molecular formula is C17H29Cl2N3O4. The molecule has 1 amide bonds. The summed E-state index contributed by atoms with van der Waals surface area (Å²) in [6.07, 6.45) is 0. The molecule has 0 radical (unpaired) electrons. The minimum atomic E-state index is -0.579. The Hall–Kier alpha value is -1.25. The average molecular weight is 410 g/mol. The van der Waals surface area contributed by atoms with Crippen molar-refractivity contribution in [3.63, 3.8) is 0 Å². The number of benzene rings is 1. The molecule has 1 aliphatic heterocycles. The SMILES string of the molecule is COCC(N)C(=O)N1CCN(Cc2cc(OC)cc(OC)c2)CC1.Cl.Cl. The summed E-state index contributed by atoms with van der Waals surface area (Å²) in [4.78, 5) is 16.3. The van der Waals surface area contributed by atoms with Gasteiger partial charge in [-0.15, -0.1) is 24.8 Å². The molecule has 150 valence electrons. The van der Waals surface area contributed by atoms with Crippen molar-refractivity contribution in [2.45, 2.75) is 12.6 Å². The first-order chi connectivity index (χ1) is 11.6. The Bertz CT molecular complexity index is 533. The summed E-state index contributed by atoms with van der Waals surface area (Å²) in [7, 11) is 4.84.